The molecule has 1 aromatic heterocycles. The zero-order valence-corrected chi connectivity index (χ0v) is 14.2. The molecule has 0 aromatic carbocycles. The minimum absolute atomic E-state index is 0.130. The molecule has 0 bridgehead atoms. The quantitative estimate of drug-likeness (QED) is 0.847. The summed E-state index contributed by atoms with van der Waals surface area (Å²) in [6.07, 6.45) is 0. The van der Waals surface area contributed by atoms with Gasteiger partial charge in [0.15, 0.2) is 0 Å². The molecule has 2 rings (SSSR count). The molecule has 8 heteroatoms. The highest BCUT2D eigenvalue weighted by molar-refractivity contribution is 7.16. The van der Waals surface area contributed by atoms with Crippen LogP contribution >= 0.6 is 22.9 Å². The van der Waals surface area contributed by atoms with Gasteiger partial charge in [-0.2, -0.15) is 0 Å². The highest BCUT2D eigenvalue weighted by atomic mass is 35.5. The molecule has 22 heavy (non-hydrogen) atoms. The molecule has 0 unspecified atom stereocenters. The third-order valence-corrected chi connectivity index (χ3v) is 4.81. The van der Waals surface area contributed by atoms with E-state index in [4.69, 9.17) is 11.6 Å². The van der Waals surface area contributed by atoms with Crippen molar-refractivity contribution in [1.82, 2.24) is 20.4 Å². The van der Waals surface area contributed by atoms with Crippen molar-refractivity contribution in [2.75, 3.05) is 39.3 Å². The molecule has 3 amide bonds. The monoisotopic (exact) mass is 344 g/mol. The van der Waals surface area contributed by atoms with Gasteiger partial charge in [-0.15, -0.1) is 11.3 Å². The molecule has 0 aliphatic carbocycles. The second-order valence-electron chi connectivity index (χ2n) is 5.16. The van der Waals surface area contributed by atoms with Gasteiger partial charge in [-0.3, -0.25) is 9.69 Å². The number of thiophene rings is 1. The number of hydrogen-bond acceptors (Lipinski definition) is 4. The topological polar surface area (TPSA) is 64.7 Å². The van der Waals surface area contributed by atoms with Gasteiger partial charge in [-0.1, -0.05) is 11.6 Å². The van der Waals surface area contributed by atoms with Gasteiger partial charge in [0.2, 0.25) is 5.91 Å². The Labute approximate surface area is 139 Å². The maximum absolute atomic E-state index is 11.7. The molecule has 1 aliphatic heterocycles. The molecule has 122 valence electrons. The largest absolute Gasteiger partial charge is 0.340 e. The van der Waals surface area contributed by atoms with E-state index < -0.39 is 0 Å². The number of carbonyl (C=O) groups is 2. The summed E-state index contributed by atoms with van der Waals surface area (Å²) in [4.78, 5) is 28.0. The third kappa shape index (κ3) is 5.47. The summed E-state index contributed by atoms with van der Waals surface area (Å²) in [5.41, 5.74) is 0. The van der Waals surface area contributed by atoms with Crippen molar-refractivity contribution in [3.63, 3.8) is 0 Å². The first-order valence-electron chi connectivity index (χ1n) is 7.28. The summed E-state index contributed by atoms with van der Waals surface area (Å²) in [5.74, 6) is 0.130. The van der Waals surface area contributed by atoms with Crippen LogP contribution in [0.4, 0.5) is 4.79 Å². The van der Waals surface area contributed by atoms with Crippen molar-refractivity contribution in [3.8, 4) is 0 Å². The van der Waals surface area contributed by atoms with Crippen molar-refractivity contribution in [3.05, 3.63) is 21.3 Å². The molecule has 2 N–H and O–H groups in total. The van der Waals surface area contributed by atoms with Crippen LogP contribution in [-0.2, 0) is 11.3 Å². The molecule has 1 aliphatic rings. The first-order valence-corrected chi connectivity index (χ1v) is 8.48. The number of piperazine rings is 1. The first-order chi connectivity index (χ1) is 10.5. The van der Waals surface area contributed by atoms with Gasteiger partial charge in [0, 0.05) is 51.1 Å². The summed E-state index contributed by atoms with van der Waals surface area (Å²) in [6.45, 7) is 6.72. The number of nitrogens with zero attached hydrogens (tertiary/aromatic N) is 2. The SMILES string of the molecule is CC(=O)N1CCN(CCNC(=O)NCc2ccc(Cl)s2)CC1. The molecule has 0 spiro atoms. The Morgan fingerprint density at radius 3 is 2.55 bits per heavy atom. The summed E-state index contributed by atoms with van der Waals surface area (Å²) >= 11 is 7.30. The molecule has 6 nitrogen and oxygen atoms in total. The fourth-order valence-corrected chi connectivity index (χ4v) is 3.32. The van der Waals surface area contributed by atoms with Gasteiger partial charge in [-0.05, 0) is 12.1 Å². The predicted octanol–water partition coefficient (Wildman–Crippen LogP) is 1.36. The second-order valence-corrected chi connectivity index (χ2v) is 6.96. The Morgan fingerprint density at radius 2 is 1.95 bits per heavy atom. The molecule has 1 saturated heterocycles. The highest BCUT2D eigenvalue weighted by Crippen LogP contribution is 2.20. The Morgan fingerprint density at radius 1 is 1.23 bits per heavy atom. The van der Waals surface area contributed by atoms with Crippen LogP contribution in [0.25, 0.3) is 0 Å². The van der Waals surface area contributed by atoms with Crippen LogP contribution in [0, 0.1) is 0 Å². The van der Waals surface area contributed by atoms with E-state index in [2.05, 4.69) is 15.5 Å². The first kappa shape index (κ1) is 17.1. The van der Waals surface area contributed by atoms with Crippen LogP contribution in [0.5, 0.6) is 0 Å². The lowest BCUT2D eigenvalue weighted by Gasteiger charge is -2.34. The third-order valence-electron chi connectivity index (χ3n) is 3.58. The molecule has 0 atom stereocenters. The smallest absolute Gasteiger partial charge is 0.315 e. The van der Waals surface area contributed by atoms with Crippen LogP contribution in [-0.4, -0.2) is 61.0 Å². The Kier molecular flexibility index (Phi) is 6.48. The Balaban J connectivity index is 1.56. The molecule has 1 aromatic rings. The van der Waals surface area contributed by atoms with Crippen molar-refractivity contribution in [2.24, 2.45) is 0 Å². The van der Waals surface area contributed by atoms with Crippen molar-refractivity contribution in [1.29, 1.82) is 0 Å². The molecular weight excluding hydrogens is 324 g/mol. The van der Waals surface area contributed by atoms with Gasteiger partial charge >= 0.3 is 6.03 Å². The summed E-state index contributed by atoms with van der Waals surface area (Å²) in [7, 11) is 0. The molecule has 1 fully saturated rings. The van der Waals surface area contributed by atoms with Crippen LogP contribution in [0.15, 0.2) is 12.1 Å². The number of hydrogen-bond donors (Lipinski definition) is 2. The van der Waals surface area contributed by atoms with Crippen molar-refractivity contribution in [2.45, 2.75) is 13.5 Å². The van der Waals surface area contributed by atoms with Gasteiger partial charge < -0.3 is 15.5 Å². The molecule has 0 saturated carbocycles. The lowest BCUT2D eigenvalue weighted by atomic mass is 10.3. The normalized spacial score (nSPS) is 15.6. The number of carbonyl (C=O) groups excluding carboxylic acids is 2. The Hall–Kier alpha value is -1.31. The number of urea groups is 1. The van der Waals surface area contributed by atoms with Crippen LogP contribution in [0.2, 0.25) is 4.34 Å². The lowest BCUT2D eigenvalue weighted by Crippen LogP contribution is -2.50. The van der Waals surface area contributed by atoms with E-state index in [0.717, 1.165) is 41.9 Å². The van der Waals surface area contributed by atoms with Gasteiger partial charge in [0.05, 0.1) is 10.9 Å². The highest BCUT2D eigenvalue weighted by Gasteiger charge is 2.17. The maximum atomic E-state index is 11.7. The minimum atomic E-state index is -0.174. The van der Waals surface area contributed by atoms with Gasteiger partial charge in [0.25, 0.3) is 0 Å². The number of halogens is 1. The molecule has 2 heterocycles. The van der Waals surface area contributed by atoms with Crippen LogP contribution < -0.4 is 10.6 Å². The lowest BCUT2D eigenvalue weighted by molar-refractivity contribution is -0.130. The minimum Gasteiger partial charge on any atom is -0.340 e. The van der Waals surface area contributed by atoms with E-state index in [0.29, 0.717) is 13.1 Å². The molecule has 0 radical (unpaired) electrons. The summed E-state index contributed by atoms with van der Waals surface area (Å²) in [5, 5.41) is 5.64. The number of amides is 3. The zero-order valence-electron chi connectivity index (χ0n) is 12.6. The summed E-state index contributed by atoms with van der Waals surface area (Å²) in [6, 6.07) is 3.55. The van der Waals surface area contributed by atoms with Crippen molar-refractivity contribution >= 4 is 34.9 Å². The second kappa shape index (κ2) is 8.36. The zero-order chi connectivity index (χ0) is 15.9. The van der Waals surface area contributed by atoms with E-state index in [1.165, 1.54) is 11.3 Å². The van der Waals surface area contributed by atoms with Gasteiger partial charge in [-0.25, -0.2) is 4.79 Å². The average Bonchev–Trinajstić information content (AvgIpc) is 2.91. The van der Waals surface area contributed by atoms with Crippen molar-refractivity contribution < 1.29 is 9.59 Å². The Bertz CT molecular complexity index is 515. The predicted molar refractivity (Wildman–Crippen MR) is 88.3 cm³/mol. The fraction of sp³-hybridized carbons (Fsp3) is 0.571. The summed E-state index contributed by atoms with van der Waals surface area (Å²) < 4.78 is 0.724. The number of nitrogens with one attached hydrogen (secondary N) is 2. The van der Waals surface area contributed by atoms with E-state index in [-0.39, 0.29) is 11.9 Å². The standard InChI is InChI=1S/C14H21ClN4O2S/c1-11(20)19-8-6-18(7-9-19)5-4-16-14(21)17-10-12-2-3-13(15)22-12/h2-3H,4-10H2,1H3,(H2,16,17,21). The molecular formula is C14H21ClN4O2S. The maximum Gasteiger partial charge on any atom is 0.315 e. The van der Waals surface area contributed by atoms with Crippen LogP contribution in [0.1, 0.15) is 11.8 Å². The van der Waals surface area contributed by atoms with E-state index >= 15 is 0 Å². The van der Waals surface area contributed by atoms with E-state index in [1.54, 1.807) is 6.92 Å². The van der Waals surface area contributed by atoms with E-state index in [9.17, 15) is 9.59 Å². The van der Waals surface area contributed by atoms with Crippen LogP contribution in [0.3, 0.4) is 0 Å². The average molecular weight is 345 g/mol. The van der Waals surface area contributed by atoms with Gasteiger partial charge in [0.1, 0.15) is 0 Å². The number of rotatable bonds is 5. The van der Waals surface area contributed by atoms with E-state index in [1.807, 2.05) is 17.0 Å². The fourth-order valence-electron chi connectivity index (χ4n) is 2.29.